The summed E-state index contributed by atoms with van der Waals surface area (Å²) in [6.45, 7) is 8.39. The molecule has 2 unspecified atom stereocenters. The fourth-order valence-electron chi connectivity index (χ4n) is 3.12. The van der Waals surface area contributed by atoms with Gasteiger partial charge in [-0.1, -0.05) is 6.92 Å². The second-order valence-corrected chi connectivity index (χ2v) is 5.39. The van der Waals surface area contributed by atoms with Gasteiger partial charge in [0.05, 0.1) is 0 Å². The van der Waals surface area contributed by atoms with E-state index in [-0.39, 0.29) is 0 Å². The first-order valence-corrected chi connectivity index (χ1v) is 6.96. The molecule has 0 aromatic carbocycles. The fourth-order valence-corrected chi connectivity index (χ4v) is 3.12. The molecule has 0 aromatic rings. The zero-order valence-corrected chi connectivity index (χ0v) is 10.9. The molecule has 2 aliphatic rings. The second kappa shape index (κ2) is 5.99. The lowest BCUT2D eigenvalue weighted by atomic mass is 10.1. The molecule has 2 rings (SSSR count). The summed E-state index contributed by atoms with van der Waals surface area (Å²) in [5, 5.41) is 3.50. The summed E-state index contributed by atoms with van der Waals surface area (Å²) in [7, 11) is 2.32. The first-order chi connectivity index (χ1) is 7.81. The number of rotatable bonds is 5. The summed E-state index contributed by atoms with van der Waals surface area (Å²) < 4.78 is 0. The molecule has 2 aliphatic heterocycles. The largest absolute Gasteiger partial charge is 0.315 e. The van der Waals surface area contributed by atoms with Gasteiger partial charge < -0.3 is 10.2 Å². The third-order valence-corrected chi connectivity index (χ3v) is 4.26. The molecular weight excluding hydrogens is 198 g/mol. The maximum absolute atomic E-state index is 3.50. The molecule has 0 aliphatic carbocycles. The van der Waals surface area contributed by atoms with Crippen molar-refractivity contribution in [2.24, 2.45) is 0 Å². The van der Waals surface area contributed by atoms with E-state index in [0.717, 1.165) is 18.6 Å². The number of nitrogens with one attached hydrogen (secondary N) is 1. The van der Waals surface area contributed by atoms with Crippen LogP contribution in [0, 0.1) is 0 Å². The van der Waals surface area contributed by atoms with Crippen LogP contribution in [-0.2, 0) is 0 Å². The average Bonchev–Trinajstić information content (AvgIpc) is 2.51. The highest BCUT2D eigenvalue weighted by Crippen LogP contribution is 2.28. The lowest BCUT2D eigenvalue weighted by Gasteiger charge is -2.25. The summed E-state index contributed by atoms with van der Waals surface area (Å²) in [4.78, 5) is 5.28. The minimum absolute atomic E-state index is 0.832. The van der Waals surface area contributed by atoms with E-state index in [4.69, 9.17) is 0 Å². The number of hydrogen-bond donors (Lipinski definition) is 1. The molecule has 0 radical (unpaired) electrons. The van der Waals surface area contributed by atoms with Gasteiger partial charge in [0.15, 0.2) is 0 Å². The van der Waals surface area contributed by atoms with Crippen LogP contribution in [0.2, 0.25) is 0 Å². The Hall–Kier alpha value is -0.120. The lowest BCUT2D eigenvalue weighted by molar-refractivity contribution is 0.219. The molecule has 3 heteroatoms. The Kier molecular flexibility index (Phi) is 4.62. The Morgan fingerprint density at radius 3 is 2.75 bits per heavy atom. The van der Waals surface area contributed by atoms with E-state index in [1.165, 1.54) is 51.9 Å². The highest BCUT2D eigenvalue weighted by Gasteiger charge is 2.34. The topological polar surface area (TPSA) is 18.5 Å². The summed E-state index contributed by atoms with van der Waals surface area (Å²) in [5.74, 6) is 0. The van der Waals surface area contributed by atoms with Crippen LogP contribution in [0.15, 0.2) is 0 Å². The van der Waals surface area contributed by atoms with Crippen molar-refractivity contribution in [3.05, 3.63) is 0 Å². The standard InChI is InChI=1S/C13H27N3/c1-3-7-14-8-10-16-9-6-12-4-5-13(11-16)15(12)2/h12-14H,3-11H2,1-2H3. The van der Waals surface area contributed by atoms with E-state index < -0.39 is 0 Å². The smallest absolute Gasteiger partial charge is 0.0223 e. The van der Waals surface area contributed by atoms with Crippen LogP contribution in [-0.4, -0.2) is 61.7 Å². The molecule has 2 heterocycles. The molecular formula is C13H27N3. The Morgan fingerprint density at radius 2 is 1.94 bits per heavy atom. The van der Waals surface area contributed by atoms with Crippen LogP contribution >= 0.6 is 0 Å². The average molecular weight is 225 g/mol. The van der Waals surface area contributed by atoms with Gasteiger partial charge in [-0.05, 0) is 45.8 Å². The summed E-state index contributed by atoms with van der Waals surface area (Å²) >= 11 is 0. The third-order valence-electron chi connectivity index (χ3n) is 4.26. The maximum Gasteiger partial charge on any atom is 0.0223 e. The van der Waals surface area contributed by atoms with Crippen LogP contribution in [0.4, 0.5) is 0 Å². The van der Waals surface area contributed by atoms with E-state index >= 15 is 0 Å². The minimum atomic E-state index is 0.832. The summed E-state index contributed by atoms with van der Waals surface area (Å²) in [5.41, 5.74) is 0. The SMILES string of the molecule is CCCNCCN1CCC2CCC(C1)N2C. The van der Waals surface area contributed by atoms with Crippen LogP contribution in [0.25, 0.3) is 0 Å². The van der Waals surface area contributed by atoms with Gasteiger partial charge in [-0.2, -0.15) is 0 Å². The molecule has 1 N–H and O–H groups in total. The van der Waals surface area contributed by atoms with Gasteiger partial charge in [-0.15, -0.1) is 0 Å². The van der Waals surface area contributed by atoms with E-state index in [2.05, 4.69) is 29.1 Å². The van der Waals surface area contributed by atoms with Gasteiger partial charge >= 0.3 is 0 Å². The number of hydrogen-bond acceptors (Lipinski definition) is 3. The molecule has 94 valence electrons. The molecule has 0 aromatic heterocycles. The summed E-state index contributed by atoms with van der Waals surface area (Å²) in [6.07, 6.45) is 5.47. The van der Waals surface area contributed by atoms with Crippen LogP contribution in [0.3, 0.4) is 0 Å². The quantitative estimate of drug-likeness (QED) is 0.708. The van der Waals surface area contributed by atoms with E-state index in [1.54, 1.807) is 0 Å². The van der Waals surface area contributed by atoms with Crippen LogP contribution in [0.1, 0.15) is 32.6 Å². The molecule has 2 saturated heterocycles. The van der Waals surface area contributed by atoms with Crippen LogP contribution < -0.4 is 5.32 Å². The maximum atomic E-state index is 3.50. The van der Waals surface area contributed by atoms with Crippen molar-refractivity contribution in [2.45, 2.75) is 44.7 Å². The van der Waals surface area contributed by atoms with E-state index in [1.807, 2.05) is 0 Å². The van der Waals surface area contributed by atoms with Gasteiger partial charge in [0.1, 0.15) is 0 Å². The molecule has 16 heavy (non-hydrogen) atoms. The number of fused-ring (bicyclic) bond motifs is 2. The van der Waals surface area contributed by atoms with Crippen molar-refractivity contribution in [1.82, 2.24) is 15.1 Å². The predicted octanol–water partition coefficient (Wildman–Crippen LogP) is 1.15. The highest BCUT2D eigenvalue weighted by atomic mass is 15.3. The zero-order valence-electron chi connectivity index (χ0n) is 10.9. The van der Waals surface area contributed by atoms with Crippen molar-refractivity contribution in [1.29, 1.82) is 0 Å². The molecule has 3 nitrogen and oxygen atoms in total. The second-order valence-electron chi connectivity index (χ2n) is 5.39. The number of nitrogens with zero attached hydrogens (tertiary/aromatic N) is 2. The first-order valence-electron chi connectivity index (χ1n) is 6.96. The Labute approximate surface area is 100 Å². The normalized spacial score (nSPS) is 31.9. The Bertz CT molecular complexity index is 207. The van der Waals surface area contributed by atoms with Gasteiger partial charge in [-0.25, -0.2) is 0 Å². The van der Waals surface area contributed by atoms with Crippen molar-refractivity contribution in [3.8, 4) is 0 Å². The van der Waals surface area contributed by atoms with Crippen molar-refractivity contribution >= 4 is 0 Å². The molecule has 0 saturated carbocycles. The highest BCUT2D eigenvalue weighted by molar-refractivity contribution is 4.90. The summed E-state index contributed by atoms with van der Waals surface area (Å²) in [6, 6.07) is 1.71. The van der Waals surface area contributed by atoms with Gasteiger partial charge in [0.2, 0.25) is 0 Å². The predicted molar refractivity (Wildman–Crippen MR) is 68.8 cm³/mol. The van der Waals surface area contributed by atoms with E-state index in [9.17, 15) is 0 Å². The van der Waals surface area contributed by atoms with Crippen LogP contribution in [0.5, 0.6) is 0 Å². The molecule has 0 spiro atoms. The third kappa shape index (κ3) is 2.96. The van der Waals surface area contributed by atoms with Gasteiger partial charge in [0.25, 0.3) is 0 Å². The number of likely N-dealkylation sites (N-methyl/N-ethyl adjacent to an activating group) is 1. The molecule has 2 atom stereocenters. The number of likely N-dealkylation sites (tertiary alicyclic amines) is 1. The minimum Gasteiger partial charge on any atom is -0.315 e. The first kappa shape index (κ1) is 12.3. The fraction of sp³-hybridized carbons (Fsp3) is 1.00. The Balaban J connectivity index is 1.71. The zero-order chi connectivity index (χ0) is 11.4. The molecule has 2 fully saturated rings. The lowest BCUT2D eigenvalue weighted by Crippen LogP contribution is -2.39. The van der Waals surface area contributed by atoms with Crippen molar-refractivity contribution < 1.29 is 0 Å². The van der Waals surface area contributed by atoms with E-state index in [0.29, 0.717) is 0 Å². The monoisotopic (exact) mass is 225 g/mol. The molecule has 2 bridgehead atoms. The Morgan fingerprint density at radius 1 is 1.12 bits per heavy atom. The van der Waals surface area contributed by atoms with Crippen molar-refractivity contribution in [2.75, 3.05) is 39.8 Å². The van der Waals surface area contributed by atoms with Crippen molar-refractivity contribution in [3.63, 3.8) is 0 Å². The van der Waals surface area contributed by atoms with Gasteiger partial charge in [0, 0.05) is 31.7 Å². The molecule has 0 amide bonds. The van der Waals surface area contributed by atoms with Gasteiger partial charge in [-0.3, -0.25) is 4.90 Å².